The van der Waals surface area contributed by atoms with Gasteiger partial charge in [0, 0.05) is 20.2 Å². The molecule has 1 aromatic rings. The molecule has 1 atom stereocenters. The van der Waals surface area contributed by atoms with Crippen molar-refractivity contribution in [3.8, 4) is 5.88 Å². The Morgan fingerprint density at radius 1 is 1.56 bits per heavy atom. The number of aryl methyl sites for hydroxylation is 2. The number of ether oxygens (including phenoxy) is 2. The van der Waals surface area contributed by atoms with E-state index in [1.165, 1.54) is 12.8 Å². The van der Waals surface area contributed by atoms with Crippen LogP contribution < -0.4 is 10.1 Å². The smallest absolute Gasteiger partial charge is 0.216 e. The summed E-state index contributed by atoms with van der Waals surface area (Å²) in [6.45, 7) is 4.72. The SMILES string of the molecule is COc1c(CNCCC2CCCO2)c(C)nn1C. The molecule has 0 aromatic carbocycles. The van der Waals surface area contributed by atoms with Crippen molar-refractivity contribution in [1.82, 2.24) is 15.1 Å². The Hall–Kier alpha value is -1.07. The second-order valence-corrected chi connectivity index (χ2v) is 4.80. The summed E-state index contributed by atoms with van der Waals surface area (Å²) in [6.07, 6.45) is 3.95. The Labute approximate surface area is 108 Å². The number of nitrogens with zero attached hydrogens (tertiary/aromatic N) is 2. The highest BCUT2D eigenvalue weighted by molar-refractivity contribution is 5.30. The molecule has 1 unspecified atom stereocenters. The van der Waals surface area contributed by atoms with Crippen molar-refractivity contribution in [2.75, 3.05) is 20.3 Å². The summed E-state index contributed by atoms with van der Waals surface area (Å²) < 4.78 is 12.7. The minimum absolute atomic E-state index is 0.453. The van der Waals surface area contributed by atoms with Gasteiger partial charge in [0.15, 0.2) is 0 Å². The Morgan fingerprint density at radius 2 is 2.39 bits per heavy atom. The number of hydrogen-bond donors (Lipinski definition) is 1. The molecule has 1 aromatic heterocycles. The van der Waals surface area contributed by atoms with Crippen LogP contribution in [0.15, 0.2) is 0 Å². The van der Waals surface area contributed by atoms with Crippen molar-refractivity contribution in [3.05, 3.63) is 11.3 Å². The highest BCUT2D eigenvalue weighted by atomic mass is 16.5. The zero-order valence-electron chi connectivity index (χ0n) is 11.5. The molecule has 5 nitrogen and oxygen atoms in total. The minimum atomic E-state index is 0.453. The molecule has 1 saturated heterocycles. The van der Waals surface area contributed by atoms with Crippen LogP contribution in [-0.2, 0) is 18.3 Å². The van der Waals surface area contributed by atoms with Crippen LogP contribution in [-0.4, -0.2) is 36.1 Å². The zero-order chi connectivity index (χ0) is 13.0. The number of methoxy groups -OCH3 is 1. The zero-order valence-corrected chi connectivity index (χ0v) is 11.5. The van der Waals surface area contributed by atoms with Crippen molar-refractivity contribution in [3.63, 3.8) is 0 Å². The standard InChI is InChI=1S/C13H23N3O2/c1-10-12(13(17-3)16(2)15-10)9-14-7-6-11-5-4-8-18-11/h11,14H,4-9H2,1-3H3. The molecule has 1 N–H and O–H groups in total. The maximum atomic E-state index is 5.60. The van der Waals surface area contributed by atoms with Gasteiger partial charge in [-0.15, -0.1) is 0 Å². The lowest BCUT2D eigenvalue weighted by Crippen LogP contribution is -2.20. The number of aromatic nitrogens is 2. The van der Waals surface area contributed by atoms with Crippen LogP contribution in [0, 0.1) is 6.92 Å². The molecule has 0 amide bonds. The van der Waals surface area contributed by atoms with Gasteiger partial charge in [0.1, 0.15) is 0 Å². The van der Waals surface area contributed by atoms with Crippen molar-refractivity contribution in [2.45, 2.75) is 38.8 Å². The van der Waals surface area contributed by atoms with Crippen LogP contribution in [0.1, 0.15) is 30.5 Å². The quantitative estimate of drug-likeness (QED) is 0.778. The third kappa shape index (κ3) is 3.03. The lowest BCUT2D eigenvalue weighted by molar-refractivity contribution is 0.104. The third-order valence-electron chi connectivity index (χ3n) is 3.45. The highest BCUT2D eigenvalue weighted by Crippen LogP contribution is 2.20. The van der Waals surface area contributed by atoms with Gasteiger partial charge in [0.2, 0.25) is 5.88 Å². The van der Waals surface area contributed by atoms with Gasteiger partial charge >= 0.3 is 0 Å². The Morgan fingerprint density at radius 3 is 3.06 bits per heavy atom. The van der Waals surface area contributed by atoms with E-state index in [-0.39, 0.29) is 0 Å². The van der Waals surface area contributed by atoms with Gasteiger partial charge < -0.3 is 14.8 Å². The first kappa shape index (κ1) is 13.4. The van der Waals surface area contributed by atoms with Gasteiger partial charge in [0.25, 0.3) is 0 Å². The summed E-state index contributed by atoms with van der Waals surface area (Å²) in [5.74, 6) is 0.845. The summed E-state index contributed by atoms with van der Waals surface area (Å²) in [5, 5.41) is 7.81. The fourth-order valence-corrected chi connectivity index (χ4v) is 2.49. The van der Waals surface area contributed by atoms with Crippen molar-refractivity contribution >= 4 is 0 Å². The molecule has 1 fully saturated rings. The molecule has 0 aliphatic carbocycles. The molecule has 18 heavy (non-hydrogen) atoms. The Bertz CT molecular complexity index is 384. The molecular weight excluding hydrogens is 230 g/mol. The average molecular weight is 253 g/mol. The van der Waals surface area contributed by atoms with Crippen LogP contribution >= 0.6 is 0 Å². The normalized spacial score (nSPS) is 19.4. The maximum Gasteiger partial charge on any atom is 0.216 e. The van der Waals surface area contributed by atoms with E-state index in [9.17, 15) is 0 Å². The fraction of sp³-hybridized carbons (Fsp3) is 0.769. The van der Waals surface area contributed by atoms with Crippen molar-refractivity contribution in [1.29, 1.82) is 0 Å². The van der Waals surface area contributed by atoms with Gasteiger partial charge in [0.05, 0.1) is 24.5 Å². The fourth-order valence-electron chi connectivity index (χ4n) is 2.49. The topological polar surface area (TPSA) is 48.3 Å². The predicted molar refractivity (Wildman–Crippen MR) is 69.8 cm³/mol. The number of hydrogen-bond acceptors (Lipinski definition) is 4. The lowest BCUT2D eigenvalue weighted by atomic mass is 10.2. The van der Waals surface area contributed by atoms with E-state index in [4.69, 9.17) is 9.47 Å². The van der Waals surface area contributed by atoms with E-state index >= 15 is 0 Å². The van der Waals surface area contributed by atoms with Gasteiger partial charge in [-0.25, -0.2) is 4.68 Å². The van der Waals surface area contributed by atoms with Crippen molar-refractivity contribution < 1.29 is 9.47 Å². The first-order valence-corrected chi connectivity index (χ1v) is 6.61. The van der Waals surface area contributed by atoms with E-state index in [0.29, 0.717) is 6.10 Å². The lowest BCUT2D eigenvalue weighted by Gasteiger charge is -2.10. The Kier molecular flexibility index (Phi) is 4.60. The van der Waals surface area contributed by atoms with Crippen LogP contribution in [0.5, 0.6) is 5.88 Å². The Balaban J connectivity index is 1.78. The van der Waals surface area contributed by atoms with Gasteiger partial charge in [-0.05, 0) is 32.7 Å². The van der Waals surface area contributed by atoms with E-state index in [0.717, 1.165) is 43.3 Å². The molecule has 2 heterocycles. The molecule has 5 heteroatoms. The molecule has 0 radical (unpaired) electrons. The van der Waals surface area contributed by atoms with Gasteiger partial charge in [-0.3, -0.25) is 0 Å². The molecule has 1 aliphatic heterocycles. The molecule has 1 aliphatic rings. The molecule has 0 saturated carbocycles. The monoisotopic (exact) mass is 253 g/mol. The number of nitrogens with one attached hydrogen (secondary N) is 1. The van der Waals surface area contributed by atoms with Gasteiger partial charge in [-0.1, -0.05) is 0 Å². The molecule has 2 rings (SSSR count). The summed E-state index contributed by atoms with van der Waals surface area (Å²) >= 11 is 0. The predicted octanol–water partition coefficient (Wildman–Crippen LogP) is 1.40. The van der Waals surface area contributed by atoms with Crippen LogP contribution in [0.25, 0.3) is 0 Å². The molecule has 0 bridgehead atoms. The van der Waals surface area contributed by atoms with Crippen molar-refractivity contribution in [2.24, 2.45) is 7.05 Å². The van der Waals surface area contributed by atoms with E-state index in [1.807, 2.05) is 14.0 Å². The molecule has 102 valence electrons. The van der Waals surface area contributed by atoms with E-state index < -0.39 is 0 Å². The summed E-state index contributed by atoms with van der Waals surface area (Å²) in [6, 6.07) is 0. The van der Waals surface area contributed by atoms with Gasteiger partial charge in [-0.2, -0.15) is 5.10 Å². The first-order valence-electron chi connectivity index (χ1n) is 6.61. The highest BCUT2D eigenvalue weighted by Gasteiger charge is 2.16. The first-order chi connectivity index (χ1) is 8.72. The summed E-state index contributed by atoms with van der Waals surface area (Å²) in [7, 11) is 3.59. The second kappa shape index (κ2) is 6.20. The van der Waals surface area contributed by atoms with E-state index in [1.54, 1.807) is 11.8 Å². The summed E-state index contributed by atoms with van der Waals surface area (Å²) in [5.41, 5.74) is 2.17. The maximum absolute atomic E-state index is 5.60. The van der Waals surface area contributed by atoms with E-state index in [2.05, 4.69) is 10.4 Å². The number of rotatable bonds is 6. The van der Waals surface area contributed by atoms with Crippen LogP contribution in [0.2, 0.25) is 0 Å². The second-order valence-electron chi connectivity index (χ2n) is 4.80. The molecule has 0 spiro atoms. The van der Waals surface area contributed by atoms with Crippen LogP contribution in [0.3, 0.4) is 0 Å². The van der Waals surface area contributed by atoms with Crippen LogP contribution in [0.4, 0.5) is 0 Å². The summed E-state index contributed by atoms with van der Waals surface area (Å²) in [4.78, 5) is 0. The largest absolute Gasteiger partial charge is 0.481 e. The minimum Gasteiger partial charge on any atom is -0.481 e. The molecular formula is C13H23N3O2. The third-order valence-corrected chi connectivity index (χ3v) is 3.45. The average Bonchev–Trinajstić information content (AvgIpc) is 2.93.